The Hall–Kier alpha value is -0.0800. The highest BCUT2D eigenvalue weighted by Gasteiger charge is 2.25. The molecule has 0 aromatic heterocycles. The van der Waals surface area contributed by atoms with Crippen LogP contribution in [0.25, 0.3) is 0 Å². The summed E-state index contributed by atoms with van der Waals surface area (Å²) in [5, 5.41) is 9.05. The summed E-state index contributed by atoms with van der Waals surface area (Å²) in [6.45, 7) is 10.6. The third kappa shape index (κ3) is 4.07. The van der Waals surface area contributed by atoms with Crippen molar-refractivity contribution >= 4 is 0 Å². The molecule has 2 unspecified atom stereocenters. The summed E-state index contributed by atoms with van der Waals surface area (Å²) >= 11 is 0. The lowest BCUT2D eigenvalue weighted by Gasteiger charge is -2.31. The van der Waals surface area contributed by atoms with Gasteiger partial charge in [0, 0.05) is 0 Å². The van der Waals surface area contributed by atoms with E-state index in [2.05, 4.69) is 27.7 Å². The van der Waals surface area contributed by atoms with Crippen molar-refractivity contribution in [2.45, 2.75) is 52.7 Å². The van der Waals surface area contributed by atoms with Gasteiger partial charge in [0.15, 0.2) is 0 Å². The van der Waals surface area contributed by atoms with Crippen LogP contribution in [-0.4, -0.2) is 23.4 Å². The number of ether oxygens (including phenoxy) is 1. The third-order valence-electron chi connectivity index (χ3n) is 2.50. The van der Waals surface area contributed by atoms with E-state index in [1.807, 2.05) is 0 Å². The van der Waals surface area contributed by atoms with E-state index in [0.717, 1.165) is 6.42 Å². The van der Waals surface area contributed by atoms with Gasteiger partial charge in [-0.05, 0) is 26.7 Å². The maximum absolute atomic E-state index is 9.05. The molecule has 0 spiro atoms. The molecule has 0 aliphatic heterocycles. The Bertz CT molecular complexity index is 119. The standard InChI is InChI=1S/C10H22O2/c1-6-8(2)10(4,5)12-7-9(3)11/h8-9,11H,6-7H2,1-5H3. The van der Waals surface area contributed by atoms with E-state index in [1.54, 1.807) is 6.92 Å². The van der Waals surface area contributed by atoms with Crippen LogP contribution in [0.2, 0.25) is 0 Å². The normalized spacial score (nSPS) is 17.5. The fourth-order valence-electron chi connectivity index (χ4n) is 0.969. The molecule has 0 aliphatic rings. The van der Waals surface area contributed by atoms with Gasteiger partial charge in [-0.2, -0.15) is 0 Å². The Balaban J connectivity index is 3.86. The first kappa shape index (κ1) is 11.9. The van der Waals surface area contributed by atoms with Gasteiger partial charge in [0.25, 0.3) is 0 Å². The van der Waals surface area contributed by atoms with Crippen LogP contribution in [0.1, 0.15) is 41.0 Å². The molecule has 74 valence electrons. The predicted octanol–water partition coefficient (Wildman–Crippen LogP) is 2.21. The Morgan fingerprint density at radius 3 is 2.17 bits per heavy atom. The van der Waals surface area contributed by atoms with E-state index < -0.39 is 0 Å². The van der Waals surface area contributed by atoms with Crippen LogP contribution in [0, 0.1) is 5.92 Å². The predicted molar refractivity (Wildman–Crippen MR) is 51.2 cm³/mol. The highest BCUT2D eigenvalue weighted by atomic mass is 16.5. The van der Waals surface area contributed by atoms with Crippen molar-refractivity contribution < 1.29 is 9.84 Å². The van der Waals surface area contributed by atoms with Crippen LogP contribution in [0.4, 0.5) is 0 Å². The number of hydrogen-bond donors (Lipinski definition) is 1. The first-order valence-corrected chi connectivity index (χ1v) is 4.72. The Kier molecular flexibility index (Phi) is 4.80. The molecule has 0 aromatic carbocycles. The van der Waals surface area contributed by atoms with Crippen LogP contribution in [0.15, 0.2) is 0 Å². The summed E-state index contributed by atoms with van der Waals surface area (Å²) in [6.07, 6.45) is 0.737. The lowest BCUT2D eigenvalue weighted by molar-refractivity contribution is -0.0842. The zero-order valence-corrected chi connectivity index (χ0v) is 8.92. The molecule has 2 heteroatoms. The van der Waals surface area contributed by atoms with Crippen LogP contribution in [-0.2, 0) is 4.74 Å². The molecule has 0 amide bonds. The first-order chi connectivity index (χ1) is 5.40. The lowest BCUT2D eigenvalue weighted by atomic mass is 9.90. The van der Waals surface area contributed by atoms with Crippen molar-refractivity contribution in [2.24, 2.45) is 5.92 Å². The average Bonchev–Trinajstić information content (AvgIpc) is 1.99. The fourth-order valence-corrected chi connectivity index (χ4v) is 0.969. The second-order valence-electron chi connectivity index (χ2n) is 4.07. The summed E-state index contributed by atoms with van der Waals surface area (Å²) in [7, 11) is 0. The number of aliphatic hydroxyl groups excluding tert-OH is 1. The van der Waals surface area contributed by atoms with Gasteiger partial charge in [0.05, 0.1) is 18.3 Å². The van der Waals surface area contributed by atoms with Gasteiger partial charge in [0.1, 0.15) is 0 Å². The molecule has 0 saturated carbocycles. The molecule has 2 nitrogen and oxygen atoms in total. The molecule has 0 heterocycles. The minimum atomic E-state index is -0.367. The van der Waals surface area contributed by atoms with Crippen molar-refractivity contribution in [3.8, 4) is 0 Å². The van der Waals surface area contributed by atoms with E-state index in [4.69, 9.17) is 9.84 Å². The third-order valence-corrected chi connectivity index (χ3v) is 2.50. The van der Waals surface area contributed by atoms with Crippen LogP contribution >= 0.6 is 0 Å². The van der Waals surface area contributed by atoms with Crippen molar-refractivity contribution in [2.75, 3.05) is 6.61 Å². The smallest absolute Gasteiger partial charge is 0.0745 e. The summed E-state index contributed by atoms with van der Waals surface area (Å²) in [5.41, 5.74) is -0.119. The van der Waals surface area contributed by atoms with E-state index in [-0.39, 0.29) is 11.7 Å². The van der Waals surface area contributed by atoms with Crippen molar-refractivity contribution in [1.29, 1.82) is 0 Å². The minimum Gasteiger partial charge on any atom is -0.391 e. The SMILES string of the molecule is CCC(C)C(C)(C)OCC(C)O. The van der Waals surface area contributed by atoms with Crippen LogP contribution in [0.3, 0.4) is 0 Å². The zero-order chi connectivity index (χ0) is 9.78. The van der Waals surface area contributed by atoms with Gasteiger partial charge in [-0.15, -0.1) is 0 Å². The maximum Gasteiger partial charge on any atom is 0.0745 e. The molecule has 0 radical (unpaired) electrons. The summed E-state index contributed by atoms with van der Waals surface area (Å²) in [6, 6.07) is 0. The average molecular weight is 174 g/mol. The highest BCUT2D eigenvalue weighted by molar-refractivity contribution is 4.75. The second kappa shape index (κ2) is 4.83. The van der Waals surface area contributed by atoms with Crippen LogP contribution < -0.4 is 0 Å². The topological polar surface area (TPSA) is 29.5 Å². The fraction of sp³-hybridized carbons (Fsp3) is 1.00. The molecule has 0 saturated heterocycles. The molecule has 0 fully saturated rings. The van der Waals surface area contributed by atoms with Gasteiger partial charge in [0.2, 0.25) is 0 Å². The Labute approximate surface area is 75.9 Å². The molecule has 1 N–H and O–H groups in total. The molecule has 0 rings (SSSR count). The molecule has 0 aliphatic carbocycles. The number of aliphatic hydroxyl groups is 1. The summed E-state index contributed by atoms with van der Waals surface area (Å²) in [4.78, 5) is 0. The maximum atomic E-state index is 9.05. The van der Waals surface area contributed by atoms with Gasteiger partial charge in [-0.1, -0.05) is 20.3 Å². The second-order valence-corrected chi connectivity index (χ2v) is 4.07. The zero-order valence-electron chi connectivity index (χ0n) is 8.92. The lowest BCUT2D eigenvalue weighted by Crippen LogP contribution is -2.34. The monoisotopic (exact) mass is 174 g/mol. The molecule has 12 heavy (non-hydrogen) atoms. The minimum absolute atomic E-state index is 0.119. The van der Waals surface area contributed by atoms with Gasteiger partial charge in [-0.25, -0.2) is 0 Å². The molecule has 0 aromatic rings. The van der Waals surface area contributed by atoms with E-state index in [1.165, 1.54) is 0 Å². The molecule has 0 bridgehead atoms. The Morgan fingerprint density at radius 1 is 1.33 bits per heavy atom. The largest absolute Gasteiger partial charge is 0.391 e. The first-order valence-electron chi connectivity index (χ1n) is 4.72. The van der Waals surface area contributed by atoms with Gasteiger partial charge < -0.3 is 9.84 Å². The Morgan fingerprint density at radius 2 is 1.83 bits per heavy atom. The van der Waals surface area contributed by atoms with E-state index in [0.29, 0.717) is 12.5 Å². The number of rotatable bonds is 5. The highest BCUT2D eigenvalue weighted by Crippen LogP contribution is 2.23. The quantitative estimate of drug-likeness (QED) is 0.692. The van der Waals surface area contributed by atoms with Crippen molar-refractivity contribution in [3.63, 3.8) is 0 Å². The molecular weight excluding hydrogens is 152 g/mol. The van der Waals surface area contributed by atoms with E-state index >= 15 is 0 Å². The summed E-state index contributed by atoms with van der Waals surface area (Å²) in [5.74, 6) is 0.524. The van der Waals surface area contributed by atoms with Gasteiger partial charge >= 0.3 is 0 Å². The molecule has 2 atom stereocenters. The van der Waals surface area contributed by atoms with Crippen LogP contribution in [0.5, 0.6) is 0 Å². The number of hydrogen-bond acceptors (Lipinski definition) is 2. The van der Waals surface area contributed by atoms with Crippen molar-refractivity contribution in [1.82, 2.24) is 0 Å². The molecular formula is C10H22O2. The summed E-state index contributed by atoms with van der Waals surface area (Å²) < 4.78 is 5.59. The van der Waals surface area contributed by atoms with Crippen molar-refractivity contribution in [3.05, 3.63) is 0 Å². The van der Waals surface area contributed by atoms with E-state index in [9.17, 15) is 0 Å². The van der Waals surface area contributed by atoms with Gasteiger partial charge in [-0.3, -0.25) is 0 Å².